The molecule has 0 atom stereocenters. The van der Waals surface area contributed by atoms with Crippen LogP contribution in [0.25, 0.3) is 0 Å². The van der Waals surface area contributed by atoms with Crippen molar-refractivity contribution in [2.75, 3.05) is 0 Å². The van der Waals surface area contributed by atoms with Crippen LogP contribution in [-0.4, -0.2) is 9.91 Å². The van der Waals surface area contributed by atoms with Gasteiger partial charge in [0, 0.05) is 11.6 Å². The van der Waals surface area contributed by atoms with Gasteiger partial charge in [-0.2, -0.15) is 5.26 Å². The Morgan fingerprint density at radius 1 is 1.67 bits per heavy atom. The molecule has 1 heterocycles. The SMILES string of the molecule is Cc1ccc(C#N)nc1[N+](=O)[O-]. The lowest BCUT2D eigenvalue weighted by Crippen LogP contribution is -1.96. The summed E-state index contributed by atoms with van der Waals surface area (Å²) in [6.45, 7) is 1.58. The summed E-state index contributed by atoms with van der Waals surface area (Å²) < 4.78 is 0. The number of hydrogen-bond donors (Lipinski definition) is 0. The monoisotopic (exact) mass is 163 g/mol. The molecule has 0 aliphatic heterocycles. The number of aryl methyl sites for hydroxylation is 1. The maximum absolute atomic E-state index is 10.3. The molecule has 0 N–H and O–H groups in total. The molecule has 1 rings (SSSR count). The van der Waals surface area contributed by atoms with Crippen LogP contribution in [0.2, 0.25) is 0 Å². The van der Waals surface area contributed by atoms with Gasteiger partial charge in [0.05, 0.1) is 0 Å². The highest BCUT2D eigenvalue weighted by Crippen LogP contribution is 2.13. The maximum Gasteiger partial charge on any atom is 0.367 e. The molecular weight excluding hydrogens is 158 g/mol. The number of nitriles is 1. The second-order valence-corrected chi connectivity index (χ2v) is 2.21. The van der Waals surface area contributed by atoms with E-state index in [1.165, 1.54) is 12.1 Å². The third-order valence-electron chi connectivity index (χ3n) is 1.36. The molecule has 0 saturated heterocycles. The predicted octanol–water partition coefficient (Wildman–Crippen LogP) is 1.17. The van der Waals surface area contributed by atoms with E-state index >= 15 is 0 Å². The first kappa shape index (κ1) is 8.14. The molecule has 60 valence electrons. The van der Waals surface area contributed by atoms with Gasteiger partial charge in [0.2, 0.25) is 0 Å². The molecule has 0 fully saturated rings. The number of pyridine rings is 1. The van der Waals surface area contributed by atoms with E-state index in [0.717, 1.165) is 0 Å². The van der Waals surface area contributed by atoms with Crippen LogP contribution in [0.5, 0.6) is 0 Å². The molecule has 1 aromatic heterocycles. The quantitative estimate of drug-likeness (QED) is 0.459. The molecule has 0 saturated carbocycles. The first-order valence-electron chi connectivity index (χ1n) is 3.17. The minimum Gasteiger partial charge on any atom is -0.358 e. The lowest BCUT2D eigenvalue weighted by molar-refractivity contribution is -0.390. The molecule has 0 unspecified atom stereocenters. The summed E-state index contributed by atoms with van der Waals surface area (Å²) in [5.74, 6) is -0.256. The fourth-order valence-corrected chi connectivity index (χ4v) is 0.765. The third-order valence-corrected chi connectivity index (χ3v) is 1.36. The van der Waals surface area contributed by atoms with E-state index in [0.29, 0.717) is 5.56 Å². The lowest BCUT2D eigenvalue weighted by atomic mass is 10.2. The van der Waals surface area contributed by atoms with Crippen molar-refractivity contribution in [3.8, 4) is 6.07 Å². The number of rotatable bonds is 1. The molecule has 0 bridgehead atoms. The third kappa shape index (κ3) is 1.37. The molecule has 0 amide bonds. The molecule has 0 aromatic carbocycles. The summed E-state index contributed by atoms with van der Waals surface area (Å²) in [7, 11) is 0. The van der Waals surface area contributed by atoms with Crippen molar-refractivity contribution < 1.29 is 4.92 Å². The summed E-state index contributed by atoms with van der Waals surface area (Å²) in [5, 5.41) is 18.7. The second kappa shape index (κ2) is 2.96. The van der Waals surface area contributed by atoms with Crippen molar-refractivity contribution in [2.24, 2.45) is 0 Å². The molecule has 5 nitrogen and oxygen atoms in total. The number of aromatic nitrogens is 1. The number of nitrogens with zero attached hydrogens (tertiary/aromatic N) is 3. The van der Waals surface area contributed by atoms with Crippen LogP contribution in [0.4, 0.5) is 5.82 Å². The largest absolute Gasteiger partial charge is 0.367 e. The van der Waals surface area contributed by atoms with Gasteiger partial charge in [-0.3, -0.25) is 0 Å². The highest BCUT2D eigenvalue weighted by atomic mass is 16.6. The zero-order chi connectivity index (χ0) is 9.14. The van der Waals surface area contributed by atoms with Crippen molar-refractivity contribution in [1.29, 1.82) is 5.26 Å². The van der Waals surface area contributed by atoms with Crippen LogP contribution in [0.15, 0.2) is 12.1 Å². The van der Waals surface area contributed by atoms with Crippen LogP contribution < -0.4 is 0 Å². The van der Waals surface area contributed by atoms with Crippen LogP contribution in [-0.2, 0) is 0 Å². The van der Waals surface area contributed by atoms with Gasteiger partial charge >= 0.3 is 5.82 Å². The summed E-state index contributed by atoms with van der Waals surface area (Å²) in [5.41, 5.74) is 0.520. The zero-order valence-corrected chi connectivity index (χ0v) is 6.31. The van der Waals surface area contributed by atoms with Gasteiger partial charge in [-0.05, 0) is 22.9 Å². The molecule has 0 aliphatic carbocycles. The Morgan fingerprint density at radius 3 is 2.83 bits per heavy atom. The second-order valence-electron chi connectivity index (χ2n) is 2.21. The average Bonchev–Trinajstić information content (AvgIpc) is 2.05. The van der Waals surface area contributed by atoms with Gasteiger partial charge in [0.25, 0.3) is 5.69 Å². The lowest BCUT2D eigenvalue weighted by Gasteiger charge is -1.94. The number of hydrogen-bond acceptors (Lipinski definition) is 4. The highest BCUT2D eigenvalue weighted by Gasteiger charge is 2.13. The molecule has 0 spiro atoms. The smallest absolute Gasteiger partial charge is 0.358 e. The minimum absolute atomic E-state index is 0.0623. The molecule has 1 aromatic rings. The van der Waals surface area contributed by atoms with Crippen LogP contribution in [0.3, 0.4) is 0 Å². The van der Waals surface area contributed by atoms with E-state index in [4.69, 9.17) is 5.26 Å². The Bertz CT molecular complexity index is 367. The first-order chi connectivity index (χ1) is 5.65. The Morgan fingerprint density at radius 2 is 2.33 bits per heavy atom. The van der Waals surface area contributed by atoms with Gasteiger partial charge in [0.1, 0.15) is 6.07 Å². The molecule has 12 heavy (non-hydrogen) atoms. The van der Waals surface area contributed by atoms with Gasteiger partial charge in [0.15, 0.2) is 0 Å². The van der Waals surface area contributed by atoms with E-state index in [9.17, 15) is 10.1 Å². The summed E-state index contributed by atoms with van der Waals surface area (Å²) >= 11 is 0. The van der Waals surface area contributed by atoms with E-state index in [1.54, 1.807) is 13.0 Å². The van der Waals surface area contributed by atoms with Crippen molar-refractivity contribution in [2.45, 2.75) is 6.92 Å². The average molecular weight is 163 g/mol. The van der Waals surface area contributed by atoms with Crippen molar-refractivity contribution in [3.63, 3.8) is 0 Å². The van der Waals surface area contributed by atoms with Gasteiger partial charge < -0.3 is 10.1 Å². The van der Waals surface area contributed by atoms with Gasteiger partial charge in [-0.25, -0.2) is 0 Å². The zero-order valence-electron chi connectivity index (χ0n) is 6.31. The Hall–Kier alpha value is -1.96. The van der Waals surface area contributed by atoms with E-state index < -0.39 is 4.92 Å². The number of nitro groups is 1. The topological polar surface area (TPSA) is 79.8 Å². The van der Waals surface area contributed by atoms with Crippen LogP contribution >= 0.6 is 0 Å². The van der Waals surface area contributed by atoms with E-state index in [-0.39, 0.29) is 11.5 Å². The Balaban J connectivity index is 3.28. The Kier molecular flexibility index (Phi) is 2.01. The molecular formula is C7H5N3O2. The fraction of sp³-hybridized carbons (Fsp3) is 0.143. The molecule has 5 heteroatoms. The summed E-state index contributed by atoms with van der Waals surface area (Å²) in [4.78, 5) is 13.3. The maximum atomic E-state index is 10.3. The van der Waals surface area contributed by atoms with Crippen LogP contribution in [0, 0.1) is 28.4 Å². The van der Waals surface area contributed by atoms with E-state index in [1.807, 2.05) is 0 Å². The highest BCUT2D eigenvalue weighted by molar-refractivity contribution is 5.36. The van der Waals surface area contributed by atoms with Gasteiger partial charge in [-0.15, -0.1) is 0 Å². The van der Waals surface area contributed by atoms with Crippen molar-refractivity contribution >= 4 is 5.82 Å². The van der Waals surface area contributed by atoms with Crippen molar-refractivity contribution in [1.82, 2.24) is 4.98 Å². The van der Waals surface area contributed by atoms with Crippen LogP contribution in [0.1, 0.15) is 11.3 Å². The van der Waals surface area contributed by atoms with Gasteiger partial charge in [-0.1, -0.05) is 0 Å². The Labute approximate surface area is 68.4 Å². The summed E-state index contributed by atoms with van der Waals surface area (Å²) in [6.07, 6.45) is 0. The van der Waals surface area contributed by atoms with E-state index in [2.05, 4.69) is 4.98 Å². The van der Waals surface area contributed by atoms with Crippen molar-refractivity contribution in [3.05, 3.63) is 33.5 Å². The fourth-order valence-electron chi connectivity index (χ4n) is 0.765. The normalized spacial score (nSPS) is 9.00. The molecule has 0 aliphatic rings. The first-order valence-corrected chi connectivity index (χ1v) is 3.17. The predicted molar refractivity (Wildman–Crippen MR) is 40.3 cm³/mol. The summed E-state index contributed by atoms with van der Waals surface area (Å²) in [6, 6.07) is 4.68. The molecule has 0 radical (unpaired) electrons. The minimum atomic E-state index is -0.601. The standard InChI is InChI=1S/C7H5N3O2/c1-5-2-3-6(4-8)9-7(5)10(11)12/h2-3H,1H3.